The van der Waals surface area contributed by atoms with Crippen LogP contribution in [0.5, 0.6) is 0 Å². The molecule has 0 amide bonds. The van der Waals surface area contributed by atoms with E-state index in [1.165, 1.54) is 57.8 Å². The molecule has 3 unspecified atom stereocenters. The normalized spacial score (nSPS) is 40.2. The van der Waals surface area contributed by atoms with Crippen LogP contribution in [0.15, 0.2) is 11.6 Å². The first kappa shape index (κ1) is 26.2. The molecule has 194 valence electrons. The Hall–Kier alpha value is -0.830. The Balaban J connectivity index is 1.40. The molecule has 0 heterocycles. The van der Waals surface area contributed by atoms with Crippen LogP contribution < -0.4 is 0 Å². The van der Waals surface area contributed by atoms with Crippen molar-refractivity contribution < 1.29 is 14.3 Å². The van der Waals surface area contributed by atoms with Gasteiger partial charge in [0.15, 0.2) is 0 Å². The largest absolute Gasteiger partial charge is 0.464 e. The van der Waals surface area contributed by atoms with Crippen LogP contribution in [0.3, 0.4) is 0 Å². The average molecular weight is 473 g/mol. The second-order valence-electron chi connectivity index (χ2n) is 13.3. The highest BCUT2D eigenvalue weighted by Gasteiger charge is 2.59. The van der Waals surface area contributed by atoms with E-state index >= 15 is 0 Å². The molecule has 4 aliphatic carbocycles. The van der Waals surface area contributed by atoms with Gasteiger partial charge in [-0.3, -0.25) is 0 Å². The minimum absolute atomic E-state index is 0.103. The molecule has 8 atom stereocenters. The van der Waals surface area contributed by atoms with E-state index in [0.717, 1.165) is 48.3 Å². The van der Waals surface area contributed by atoms with E-state index in [0.29, 0.717) is 17.4 Å². The number of allylic oxidation sites excluding steroid dienone is 1. The first-order valence-corrected chi connectivity index (χ1v) is 14.7. The van der Waals surface area contributed by atoms with E-state index in [1.807, 2.05) is 6.92 Å². The highest BCUT2D eigenvalue weighted by molar-refractivity contribution is 5.70. The van der Waals surface area contributed by atoms with Crippen LogP contribution in [0.25, 0.3) is 0 Å². The molecule has 3 heteroatoms. The van der Waals surface area contributed by atoms with Gasteiger partial charge >= 0.3 is 5.97 Å². The van der Waals surface area contributed by atoms with Gasteiger partial charge in [-0.05, 0) is 105 Å². The first-order valence-electron chi connectivity index (χ1n) is 14.7. The van der Waals surface area contributed by atoms with E-state index in [4.69, 9.17) is 9.47 Å². The molecular formula is C31H52O3. The molecular weight excluding hydrogens is 420 g/mol. The number of hydrogen-bond acceptors (Lipinski definition) is 3. The Kier molecular flexibility index (Phi) is 8.22. The topological polar surface area (TPSA) is 35.5 Å². The number of carbonyl (C=O) groups is 1. The van der Waals surface area contributed by atoms with Crippen molar-refractivity contribution in [2.24, 2.45) is 46.3 Å². The summed E-state index contributed by atoms with van der Waals surface area (Å²) in [5, 5.41) is 0. The van der Waals surface area contributed by atoms with Gasteiger partial charge in [0.2, 0.25) is 0 Å². The molecule has 0 aromatic carbocycles. The van der Waals surface area contributed by atoms with Crippen molar-refractivity contribution in [1.29, 1.82) is 0 Å². The van der Waals surface area contributed by atoms with Gasteiger partial charge in [0.05, 0.1) is 12.7 Å². The number of hydrogen-bond donors (Lipinski definition) is 0. The monoisotopic (exact) mass is 472 g/mol. The predicted octanol–water partition coefficient (Wildman–Crippen LogP) is 7.98. The fraction of sp³-hybridized carbons (Fsp3) is 0.903. The molecule has 0 N–H and O–H groups in total. The van der Waals surface area contributed by atoms with Crippen molar-refractivity contribution in [3.05, 3.63) is 11.6 Å². The van der Waals surface area contributed by atoms with Crippen molar-refractivity contribution in [3.63, 3.8) is 0 Å². The third-order valence-electron chi connectivity index (χ3n) is 11.0. The summed E-state index contributed by atoms with van der Waals surface area (Å²) in [4.78, 5) is 11.8. The zero-order chi connectivity index (χ0) is 24.5. The lowest BCUT2D eigenvalue weighted by atomic mass is 9.47. The van der Waals surface area contributed by atoms with Crippen LogP contribution in [0.2, 0.25) is 0 Å². The third kappa shape index (κ3) is 5.02. The zero-order valence-electron chi connectivity index (χ0n) is 23.0. The second-order valence-corrected chi connectivity index (χ2v) is 13.3. The molecule has 0 spiro atoms. The Morgan fingerprint density at radius 2 is 1.85 bits per heavy atom. The maximum Gasteiger partial charge on any atom is 0.332 e. The molecule has 34 heavy (non-hydrogen) atoms. The van der Waals surface area contributed by atoms with Crippen LogP contribution in [-0.2, 0) is 14.3 Å². The standard InChI is InChI=1S/C31H52O3/c1-7-33-29(32)20-34-24-15-17-30(5)23(19-24)11-12-25-27-14-13-26(22(4)10-8-9-21(2)3)31(27,6)18-16-28(25)30/h11,21-22,24-28H,7-10,12-20H2,1-6H3/t22-,24+,25?,26-,27?,28?,30+,31-/m1/s1. The number of fused-ring (bicyclic) bond motifs is 5. The summed E-state index contributed by atoms with van der Waals surface area (Å²) in [6.45, 7) is 14.9. The molecule has 4 rings (SSSR count). The molecule has 3 fully saturated rings. The zero-order valence-corrected chi connectivity index (χ0v) is 23.0. The summed E-state index contributed by atoms with van der Waals surface area (Å²) >= 11 is 0. The molecule has 3 saturated carbocycles. The minimum atomic E-state index is -0.227. The second kappa shape index (κ2) is 10.7. The third-order valence-corrected chi connectivity index (χ3v) is 11.0. The van der Waals surface area contributed by atoms with Crippen molar-refractivity contribution >= 4 is 5.97 Å². The van der Waals surface area contributed by atoms with Crippen molar-refractivity contribution in [1.82, 2.24) is 0 Å². The quantitative estimate of drug-likeness (QED) is 0.252. The Labute approximate surface area is 209 Å². The fourth-order valence-corrected chi connectivity index (χ4v) is 9.18. The highest BCUT2D eigenvalue weighted by atomic mass is 16.6. The summed E-state index contributed by atoms with van der Waals surface area (Å²) in [7, 11) is 0. The maximum absolute atomic E-state index is 11.8. The van der Waals surface area contributed by atoms with Gasteiger partial charge in [-0.2, -0.15) is 0 Å². The number of carbonyl (C=O) groups excluding carboxylic acids is 1. The maximum atomic E-state index is 11.8. The molecule has 0 aromatic heterocycles. The number of rotatable bonds is 9. The van der Waals surface area contributed by atoms with Crippen molar-refractivity contribution in [3.8, 4) is 0 Å². The van der Waals surface area contributed by atoms with Crippen LogP contribution in [-0.4, -0.2) is 25.3 Å². The first-order chi connectivity index (χ1) is 16.2. The lowest BCUT2D eigenvalue weighted by Gasteiger charge is -2.58. The van der Waals surface area contributed by atoms with Crippen LogP contribution in [0.4, 0.5) is 0 Å². The van der Waals surface area contributed by atoms with Gasteiger partial charge < -0.3 is 9.47 Å². The lowest BCUT2D eigenvalue weighted by molar-refractivity contribution is -0.151. The van der Waals surface area contributed by atoms with Crippen molar-refractivity contribution in [2.45, 2.75) is 118 Å². The molecule has 4 aliphatic rings. The number of ether oxygens (including phenoxy) is 2. The molecule has 0 radical (unpaired) electrons. The fourth-order valence-electron chi connectivity index (χ4n) is 9.18. The summed E-state index contributed by atoms with van der Waals surface area (Å²) in [6, 6.07) is 0. The van der Waals surface area contributed by atoms with E-state index in [9.17, 15) is 4.79 Å². The van der Waals surface area contributed by atoms with Gasteiger partial charge in [-0.1, -0.05) is 65.5 Å². The van der Waals surface area contributed by atoms with Gasteiger partial charge in [-0.25, -0.2) is 4.79 Å². The van der Waals surface area contributed by atoms with Crippen LogP contribution in [0.1, 0.15) is 112 Å². The summed E-state index contributed by atoms with van der Waals surface area (Å²) in [6.07, 6.45) is 17.4. The predicted molar refractivity (Wildman–Crippen MR) is 139 cm³/mol. The highest BCUT2D eigenvalue weighted by Crippen LogP contribution is 2.67. The van der Waals surface area contributed by atoms with E-state index < -0.39 is 0 Å². The Morgan fingerprint density at radius 3 is 2.59 bits per heavy atom. The summed E-state index contributed by atoms with van der Waals surface area (Å²) < 4.78 is 11.0. The van der Waals surface area contributed by atoms with Gasteiger partial charge in [0.25, 0.3) is 0 Å². The van der Waals surface area contributed by atoms with Gasteiger partial charge in [0.1, 0.15) is 6.61 Å². The summed E-state index contributed by atoms with van der Waals surface area (Å²) in [5.74, 6) is 5.04. The lowest BCUT2D eigenvalue weighted by Crippen LogP contribution is -2.51. The molecule has 0 bridgehead atoms. The van der Waals surface area contributed by atoms with E-state index in [2.05, 4.69) is 40.7 Å². The van der Waals surface area contributed by atoms with Crippen LogP contribution in [0, 0.1) is 46.3 Å². The SMILES string of the molecule is CCOC(=O)CO[C@H]1CC[C@@]2(C)C(=CCC3C2CC[C@@]2(C)C3CC[C@@H]2[C@H](C)CCCC(C)C)C1. The Morgan fingerprint density at radius 1 is 1.06 bits per heavy atom. The Bertz CT molecular complexity index is 741. The van der Waals surface area contributed by atoms with Crippen LogP contribution >= 0.6 is 0 Å². The average Bonchev–Trinajstić information content (AvgIpc) is 3.15. The van der Waals surface area contributed by atoms with E-state index in [-0.39, 0.29) is 18.7 Å². The van der Waals surface area contributed by atoms with Gasteiger partial charge in [0, 0.05) is 0 Å². The molecule has 3 nitrogen and oxygen atoms in total. The van der Waals surface area contributed by atoms with Crippen molar-refractivity contribution in [2.75, 3.05) is 13.2 Å². The summed E-state index contributed by atoms with van der Waals surface area (Å²) in [5.41, 5.74) is 2.53. The van der Waals surface area contributed by atoms with E-state index in [1.54, 1.807) is 5.57 Å². The molecule has 0 aromatic rings. The minimum Gasteiger partial charge on any atom is -0.464 e. The smallest absolute Gasteiger partial charge is 0.332 e. The van der Waals surface area contributed by atoms with Gasteiger partial charge in [-0.15, -0.1) is 0 Å². The molecule has 0 aliphatic heterocycles. The molecule has 0 saturated heterocycles. The number of esters is 1.